The van der Waals surface area contributed by atoms with Gasteiger partial charge in [-0.25, -0.2) is 4.99 Å². The molecule has 0 heterocycles. The molecule has 0 spiro atoms. The number of rotatable bonds is 3. The molecule has 0 amide bonds. The lowest BCUT2D eigenvalue weighted by atomic mass is 10.1. The van der Waals surface area contributed by atoms with Crippen molar-refractivity contribution in [2.75, 3.05) is 7.11 Å². The molecule has 15 heavy (non-hydrogen) atoms. The van der Waals surface area contributed by atoms with Crippen LogP contribution in [0.1, 0.15) is 17.9 Å². The van der Waals surface area contributed by atoms with Crippen molar-refractivity contribution in [3.05, 3.63) is 29.8 Å². The zero-order chi connectivity index (χ0) is 10.8. The van der Waals surface area contributed by atoms with Gasteiger partial charge in [-0.1, -0.05) is 12.1 Å². The molecule has 1 aromatic carbocycles. The summed E-state index contributed by atoms with van der Waals surface area (Å²) in [4.78, 5) is 4.13. The first-order chi connectivity index (χ1) is 7.20. The van der Waals surface area contributed by atoms with Crippen LogP contribution < -0.4 is 16.2 Å². The molecule has 4 nitrogen and oxygen atoms in total. The highest BCUT2D eigenvalue weighted by molar-refractivity contribution is 5.76. The molecule has 1 aromatic rings. The lowest BCUT2D eigenvalue weighted by Gasteiger charge is -2.01. The molecule has 1 fully saturated rings. The summed E-state index contributed by atoms with van der Waals surface area (Å²) in [6, 6.07) is 8.31. The van der Waals surface area contributed by atoms with Gasteiger partial charge in [0.05, 0.1) is 13.2 Å². The summed E-state index contributed by atoms with van der Waals surface area (Å²) in [6.07, 6.45) is 1.03. The molecular formula is C11H15N3O. The van der Waals surface area contributed by atoms with E-state index < -0.39 is 0 Å². The highest BCUT2D eigenvalue weighted by atomic mass is 16.5. The summed E-state index contributed by atoms with van der Waals surface area (Å²) < 4.78 is 5.09. The molecule has 0 saturated heterocycles. The van der Waals surface area contributed by atoms with Crippen LogP contribution in [0.5, 0.6) is 5.75 Å². The summed E-state index contributed by atoms with van der Waals surface area (Å²) in [5.41, 5.74) is 11.9. The van der Waals surface area contributed by atoms with E-state index in [4.69, 9.17) is 16.2 Å². The van der Waals surface area contributed by atoms with E-state index in [1.807, 2.05) is 12.1 Å². The van der Waals surface area contributed by atoms with Crippen LogP contribution in [0.3, 0.4) is 0 Å². The minimum atomic E-state index is 0.177. The van der Waals surface area contributed by atoms with Gasteiger partial charge in [0.2, 0.25) is 0 Å². The van der Waals surface area contributed by atoms with E-state index in [-0.39, 0.29) is 12.0 Å². The molecule has 0 unspecified atom stereocenters. The molecule has 0 aliphatic heterocycles. The highest BCUT2D eigenvalue weighted by Gasteiger charge is 2.38. The molecule has 0 aromatic heterocycles. The van der Waals surface area contributed by atoms with E-state index in [1.165, 1.54) is 5.56 Å². The fourth-order valence-corrected chi connectivity index (χ4v) is 1.73. The first-order valence-electron chi connectivity index (χ1n) is 4.93. The minimum Gasteiger partial charge on any atom is -0.497 e. The van der Waals surface area contributed by atoms with Gasteiger partial charge in [-0.15, -0.1) is 0 Å². The molecule has 1 aliphatic rings. The van der Waals surface area contributed by atoms with Crippen LogP contribution in [0.25, 0.3) is 0 Å². The van der Waals surface area contributed by atoms with E-state index in [1.54, 1.807) is 7.11 Å². The van der Waals surface area contributed by atoms with E-state index >= 15 is 0 Å². The van der Waals surface area contributed by atoms with Gasteiger partial charge in [-0.05, 0) is 24.1 Å². The third kappa shape index (κ3) is 2.21. The molecule has 4 heteroatoms. The first-order valence-corrected chi connectivity index (χ1v) is 4.93. The van der Waals surface area contributed by atoms with Crippen molar-refractivity contribution in [3.63, 3.8) is 0 Å². The molecule has 1 saturated carbocycles. The number of methoxy groups -OCH3 is 1. The number of aliphatic imine (C=N–C) groups is 1. The van der Waals surface area contributed by atoms with Crippen molar-refractivity contribution < 1.29 is 4.74 Å². The standard InChI is InChI=1S/C11H15N3O/c1-15-8-4-2-7(3-5-8)9-6-10(9)14-11(12)13/h2-5,9-10H,6H2,1H3,(H4,12,13,14)/t9-,10-/m1/s1. The average molecular weight is 205 g/mol. The minimum absolute atomic E-state index is 0.177. The van der Waals surface area contributed by atoms with Crippen LogP contribution in [-0.4, -0.2) is 19.1 Å². The van der Waals surface area contributed by atoms with Gasteiger partial charge in [0.15, 0.2) is 5.96 Å². The molecule has 4 N–H and O–H groups in total. The maximum absolute atomic E-state index is 5.33. The highest BCUT2D eigenvalue weighted by Crippen LogP contribution is 2.43. The Hall–Kier alpha value is -1.71. The predicted molar refractivity (Wildman–Crippen MR) is 59.9 cm³/mol. The summed E-state index contributed by atoms with van der Waals surface area (Å²) in [5.74, 6) is 1.52. The summed E-state index contributed by atoms with van der Waals surface area (Å²) in [7, 11) is 1.66. The zero-order valence-corrected chi connectivity index (χ0v) is 8.68. The van der Waals surface area contributed by atoms with Crippen molar-refractivity contribution in [1.29, 1.82) is 0 Å². The Morgan fingerprint density at radius 2 is 2.00 bits per heavy atom. The normalized spacial score (nSPS) is 23.3. The molecule has 0 bridgehead atoms. The van der Waals surface area contributed by atoms with Gasteiger partial charge in [0.25, 0.3) is 0 Å². The Bertz CT molecular complexity index is 368. The number of hydrogen-bond donors (Lipinski definition) is 2. The Morgan fingerprint density at radius 3 is 2.53 bits per heavy atom. The number of hydrogen-bond acceptors (Lipinski definition) is 2. The van der Waals surface area contributed by atoms with Crippen LogP contribution in [0, 0.1) is 0 Å². The Kier molecular flexibility index (Phi) is 2.49. The molecule has 80 valence electrons. The van der Waals surface area contributed by atoms with Crippen molar-refractivity contribution in [2.24, 2.45) is 16.5 Å². The largest absolute Gasteiger partial charge is 0.497 e. The van der Waals surface area contributed by atoms with E-state index in [2.05, 4.69) is 17.1 Å². The molecular weight excluding hydrogens is 190 g/mol. The lowest BCUT2D eigenvalue weighted by Crippen LogP contribution is -2.23. The van der Waals surface area contributed by atoms with Gasteiger partial charge in [-0.2, -0.15) is 0 Å². The molecule has 1 aliphatic carbocycles. The van der Waals surface area contributed by atoms with Crippen molar-refractivity contribution in [3.8, 4) is 5.75 Å². The maximum atomic E-state index is 5.33. The molecule has 2 atom stereocenters. The second-order valence-electron chi connectivity index (χ2n) is 3.74. The maximum Gasteiger partial charge on any atom is 0.186 e. The smallest absolute Gasteiger partial charge is 0.186 e. The second kappa shape index (κ2) is 3.81. The Labute approximate surface area is 88.9 Å². The molecule has 0 radical (unpaired) electrons. The van der Waals surface area contributed by atoms with Crippen LogP contribution >= 0.6 is 0 Å². The molecule has 2 rings (SSSR count). The number of nitrogens with two attached hydrogens (primary N) is 2. The van der Waals surface area contributed by atoms with E-state index in [9.17, 15) is 0 Å². The van der Waals surface area contributed by atoms with Crippen molar-refractivity contribution >= 4 is 5.96 Å². The van der Waals surface area contributed by atoms with E-state index in [0.717, 1.165) is 12.2 Å². The zero-order valence-electron chi connectivity index (χ0n) is 8.68. The van der Waals surface area contributed by atoms with Crippen LogP contribution in [0.4, 0.5) is 0 Å². The SMILES string of the molecule is COc1ccc([C@H]2C[C@H]2N=C(N)N)cc1. The fourth-order valence-electron chi connectivity index (χ4n) is 1.73. The van der Waals surface area contributed by atoms with Gasteiger partial charge in [0, 0.05) is 5.92 Å². The third-order valence-electron chi connectivity index (χ3n) is 2.62. The monoisotopic (exact) mass is 205 g/mol. The van der Waals surface area contributed by atoms with Crippen molar-refractivity contribution in [1.82, 2.24) is 0 Å². The van der Waals surface area contributed by atoms with Crippen LogP contribution in [0.15, 0.2) is 29.3 Å². The van der Waals surface area contributed by atoms with Crippen LogP contribution in [-0.2, 0) is 0 Å². The summed E-state index contributed by atoms with van der Waals surface area (Å²) >= 11 is 0. The van der Waals surface area contributed by atoms with Crippen molar-refractivity contribution in [2.45, 2.75) is 18.4 Å². The Morgan fingerprint density at radius 1 is 1.33 bits per heavy atom. The van der Waals surface area contributed by atoms with Gasteiger partial charge >= 0.3 is 0 Å². The van der Waals surface area contributed by atoms with Gasteiger partial charge in [0.1, 0.15) is 5.75 Å². The number of guanidine groups is 1. The van der Waals surface area contributed by atoms with Crippen LogP contribution in [0.2, 0.25) is 0 Å². The number of ether oxygens (including phenoxy) is 1. The average Bonchev–Trinajstić information content (AvgIpc) is 2.96. The predicted octanol–water partition coefficient (Wildman–Crippen LogP) is 0.825. The third-order valence-corrected chi connectivity index (χ3v) is 2.62. The number of benzene rings is 1. The van der Waals surface area contributed by atoms with Gasteiger partial charge < -0.3 is 16.2 Å². The van der Waals surface area contributed by atoms with Gasteiger partial charge in [-0.3, -0.25) is 0 Å². The first kappa shape index (κ1) is 9.83. The Balaban J connectivity index is 2.04. The summed E-state index contributed by atoms with van der Waals surface area (Å²) in [6.45, 7) is 0. The summed E-state index contributed by atoms with van der Waals surface area (Å²) in [5, 5.41) is 0. The van der Waals surface area contributed by atoms with E-state index in [0.29, 0.717) is 5.92 Å². The second-order valence-corrected chi connectivity index (χ2v) is 3.74. The fraction of sp³-hybridized carbons (Fsp3) is 0.364. The quantitative estimate of drug-likeness (QED) is 0.567. The topological polar surface area (TPSA) is 73.6 Å². The number of nitrogens with zero attached hydrogens (tertiary/aromatic N) is 1. The lowest BCUT2D eigenvalue weighted by molar-refractivity contribution is 0.414.